The molecular weight excluding hydrogens is 418 g/mol. The molecule has 1 aliphatic carbocycles. The molecule has 1 saturated carbocycles. The predicted molar refractivity (Wildman–Crippen MR) is 129 cm³/mol. The highest BCUT2D eigenvalue weighted by Gasteiger charge is 2.48. The van der Waals surface area contributed by atoms with Gasteiger partial charge in [-0.15, -0.1) is 11.3 Å². The number of fused-ring (bicyclic) bond motifs is 3. The number of rotatable bonds is 5. The molecule has 1 N–H and O–H groups in total. The summed E-state index contributed by atoms with van der Waals surface area (Å²) in [6.45, 7) is 5.23. The number of hydrogen-bond donors (Lipinski definition) is 1. The van der Waals surface area contributed by atoms with Crippen LogP contribution in [0.1, 0.15) is 55.6 Å². The Morgan fingerprint density at radius 3 is 2.66 bits per heavy atom. The molecular formula is C26H31N3O2S. The number of carbonyl (C=O) groups is 2. The molecule has 3 heterocycles. The zero-order valence-corrected chi connectivity index (χ0v) is 19.7. The molecule has 2 amide bonds. The lowest BCUT2D eigenvalue weighted by atomic mass is 9.86. The van der Waals surface area contributed by atoms with E-state index in [1.165, 1.54) is 5.56 Å². The smallest absolute Gasteiger partial charge is 0.271 e. The van der Waals surface area contributed by atoms with Crippen LogP contribution in [0.25, 0.3) is 10.2 Å². The van der Waals surface area contributed by atoms with Gasteiger partial charge < -0.3 is 14.8 Å². The van der Waals surface area contributed by atoms with E-state index in [1.807, 2.05) is 41.5 Å². The number of carbonyl (C=O) groups excluding carboxylic acids is 2. The van der Waals surface area contributed by atoms with Crippen molar-refractivity contribution in [2.45, 2.75) is 64.1 Å². The van der Waals surface area contributed by atoms with Crippen molar-refractivity contribution in [2.75, 3.05) is 6.54 Å². The first kappa shape index (κ1) is 21.3. The van der Waals surface area contributed by atoms with Crippen molar-refractivity contribution in [3.63, 3.8) is 0 Å². The molecule has 32 heavy (non-hydrogen) atoms. The lowest BCUT2D eigenvalue weighted by Crippen LogP contribution is -2.65. The molecule has 5 rings (SSSR count). The molecule has 3 aromatic rings. The number of hydrogen-bond acceptors (Lipinski definition) is 3. The fourth-order valence-corrected chi connectivity index (χ4v) is 6.08. The van der Waals surface area contributed by atoms with Crippen LogP contribution in [0.3, 0.4) is 0 Å². The van der Waals surface area contributed by atoms with Crippen molar-refractivity contribution >= 4 is 33.4 Å². The van der Waals surface area contributed by atoms with E-state index in [9.17, 15) is 9.59 Å². The minimum Gasteiger partial charge on any atom is -0.351 e. The third kappa shape index (κ3) is 3.75. The van der Waals surface area contributed by atoms with Crippen molar-refractivity contribution in [1.29, 1.82) is 0 Å². The molecule has 1 unspecified atom stereocenters. The maximum atomic E-state index is 13.7. The van der Waals surface area contributed by atoms with E-state index in [-0.39, 0.29) is 17.9 Å². The number of benzene rings is 1. The van der Waals surface area contributed by atoms with Crippen LogP contribution in [-0.2, 0) is 17.8 Å². The third-order valence-corrected chi connectivity index (χ3v) is 8.21. The summed E-state index contributed by atoms with van der Waals surface area (Å²) >= 11 is 1.64. The van der Waals surface area contributed by atoms with Crippen LogP contribution in [0.5, 0.6) is 0 Å². The number of nitrogens with one attached hydrogen (secondary N) is 1. The van der Waals surface area contributed by atoms with Gasteiger partial charge in [0.25, 0.3) is 5.91 Å². The Bertz CT molecular complexity index is 1130. The van der Waals surface area contributed by atoms with Gasteiger partial charge in [-0.3, -0.25) is 9.59 Å². The van der Waals surface area contributed by atoms with Gasteiger partial charge in [-0.05, 0) is 68.0 Å². The second-order valence-corrected chi connectivity index (χ2v) is 10.6. The van der Waals surface area contributed by atoms with Crippen molar-refractivity contribution in [3.05, 3.63) is 59.1 Å². The quantitative estimate of drug-likeness (QED) is 0.605. The number of amides is 2. The Morgan fingerprint density at radius 2 is 1.91 bits per heavy atom. The van der Waals surface area contributed by atoms with Gasteiger partial charge >= 0.3 is 0 Å². The Kier molecular flexibility index (Phi) is 5.58. The largest absolute Gasteiger partial charge is 0.351 e. The third-order valence-electron chi connectivity index (χ3n) is 7.36. The molecule has 168 valence electrons. The summed E-state index contributed by atoms with van der Waals surface area (Å²) < 4.78 is 3.15. The fraction of sp³-hybridized carbons (Fsp3) is 0.462. The normalized spacial score (nSPS) is 25.7. The molecule has 6 heteroatoms. The Hall–Kier alpha value is -2.60. The average molecular weight is 450 g/mol. The number of aromatic nitrogens is 1. The van der Waals surface area contributed by atoms with E-state index in [2.05, 4.69) is 35.0 Å². The molecule has 1 atom stereocenters. The van der Waals surface area contributed by atoms with E-state index in [4.69, 9.17) is 0 Å². The lowest BCUT2D eigenvalue weighted by Gasteiger charge is -2.45. The zero-order chi connectivity index (χ0) is 22.3. The average Bonchev–Trinajstić information content (AvgIpc) is 3.38. The molecule has 5 nitrogen and oxygen atoms in total. The lowest BCUT2D eigenvalue weighted by molar-refractivity contribution is -0.133. The van der Waals surface area contributed by atoms with Gasteiger partial charge in [0, 0.05) is 12.6 Å². The maximum absolute atomic E-state index is 13.7. The Morgan fingerprint density at radius 1 is 1.16 bits per heavy atom. The monoisotopic (exact) mass is 449 g/mol. The number of thiophene rings is 1. The summed E-state index contributed by atoms with van der Waals surface area (Å²) in [5, 5.41) is 5.37. The Labute approximate surface area is 193 Å². The molecule has 0 bridgehead atoms. The maximum Gasteiger partial charge on any atom is 0.271 e. The molecule has 1 fully saturated rings. The van der Waals surface area contributed by atoms with E-state index in [0.717, 1.165) is 48.2 Å². The molecule has 1 aliphatic heterocycles. The standard InChI is InChI=1S/C26H31N3O2S/c1-18-8-10-20(11-9-18)27-25(31)26(2)17-28-21-13-15-32-23(21)16-22(28)24(30)29(26)14-12-19-6-4-3-5-7-19/h3-7,13,15-16,18,20H,8-12,14,17H2,1-2H3,(H,27,31). The second-order valence-electron chi connectivity index (χ2n) is 9.68. The minimum absolute atomic E-state index is 0.0267. The first-order valence-corrected chi connectivity index (χ1v) is 12.6. The summed E-state index contributed by atoms with van der Waals surface area (Å²) in [5.41, 5.74) is 1.99. The molecule has 0 radical (unpaired) electrons. The van der Waals surface area contributed by atoms with Crippen LogP contribution in [0, 0.1) is 5.92 Å². The SMILES string of the molecule is CC1CCC(NC(=O)C2(C)Cn3c(cc4sccc43)C(=O)N2CCc2ccccc2)CC1. The van der Waals surface area contributed by atoms with Gasteiger partial charge in [-0.2, -0.15) is 0 Å². The molecule has 2 aromatic heterocycles. The summed E-state index contributed by atoms with van der Waals surface area (Å²) in [7, 11) is 0. The highest BCUT2D eigenvalue weighted by Crippen LogP contribution is 2.35. The van der Waals surface area contributed by atoms with Crippen molar-refractivity contribution in [3.8, 4) is 0 Å². The van der Waals surface area contributed by atoms with Crippen molar-refractivity contribution in [1.82, 2.24) is 14.8 Å². The van der Waals surface area contributed by atoms with Gasteiger partial charge in [0.15, 0.2) is 0 Å². The van der Waals surface area contributed by atoms with Crippen LogP contribution in [0.15, 0.2) is 47.8 Å². The van der Waals surface area contributed by atoms with E-state index in [0.29, 0.717) is 18.8 Å². The van der Waals surface area contributed by atoms with Crippen LogP contribution in [-0.4, -0.2) is 39.4 Å². The van der Waals surface area contributed by atoms with Gasteiger partial charge in [0.05, 0.1) is 16.8 Å². The minimum atomic E-state index is -0.921. The predicted octanol–water partition coefficient (Wildman–Crippen LogP) is 4.85. The topological polar surface area (TPSA) is 54.3 Å². The van der Waals surface area contributed by atoms with Crippen LogP contribution >= 0.6 is 11.3 Å². The van der Waals surface area contributed by atoms with Gasteiger partial charge in [0.1, 0.15) is 11.2 Å². The van der Waals surface area contributed by atoms with E-state index < -0.39 is 5.54 Å². The molecule has 0 spiro atoms. The van der Waals surface area contributed by atoms with Crippen LogP contribution in [0.2, 0.25) is 0 Å². The molecule has 2 aliphatic rings. The van der Waals surface area contributed by atoms with E-state index >= 15 is 0 Å². The first-order chi connectivity index (χ1) is 15.5. The fourth-order valence-electron chi connectivity index (χ4n) is 5.25. The van der Waals surface area contributed by atoms with E-state index in [1.54, 1.807) is 11.3 Å². The Balaban J connectivity index is 1.45. The molecule has 1 aromatic carbocycles. The van der Waals surface area contributed by atoms with Crippen LogP contribution < -0.4 is 5.32 Å². The summed E-state index contributed by atoms with van der Waals surface area (Å²) in [6, 6.07) is 14.4. The summed E-state index contributed by atoms with van der Waals surface area (Å²) in [5.74, 6) is 0.651. The summed E-state index contributed by atoms with van der Waals surface area (Å²) in [4.78, 5) is 29.2. The van der Waals surface area contributed by atoms with Gasteiger partial charge in [-0.25, -0.2) is 0 Å². The second kappa shape index (κ2) is 8.39. The van der Waals surface area contributed by atoms with Crippen molar-refractivity contribution < 1.29 is 9.59 Å². The van der Waals surface area contributed by atoms with Gasteiger partial charge in [0.2, 0.25) is 5.91 Å². The highest BCUT2D eigenvalue weighted by molar-refractivity contribution is 7.17. The zero-order valence-electron chi connectivity index (χ0n) is 18.8. The van der Waals surface area contributed by atoms with Gasteiger partial charge in [-0.1, -0.05) is 37.3 Å². The van der Waals surface area contributed by atoms with Crippen molar-refractivity contribution in [2.24, 2.45) is 5.92 Å². The molecule has 0 saturated heterocycles. The first-order valence-electron chi connectivity index (χ1n) is 11.7. The highest BCUT2D eigenvalue weighted by atomic mass is 32.1. The summed E-state index contributed by atoms with van der Waals surface area (Å²) in [6.07, 6.45) is 5.06. The number of nitrogens with zero attached hydrogens (tertiary/aromatic N) is 2. The van der Waals surface area contributed by atoms with Crippen LogP contribution in [0.4, 0.5) is 0 Å².